The van der Waals surface area contributed by atoms with Crippen molar-refractivity contribution in [2.45, 2.75) is 39.2 Å². The van der Waals surface area contributed by atoms with Crippen molar-refractivity contribution in [2.75, 3.05) is 0 Å². The fraction of sp³-hybridized carbons (Fsp3) is 0.467. The number of halogens is 1. The number of carboxylic acids is 1. The van der Waals surface area contributed by atoms with Crippen molar-refractivity contribution in [3.63, 3.8) is 0 Å². The molecule has 1 heterocycles. The number of aryl methyl sites for hydroxylation is 2. The number of imidazole rings is 1. The Balaban J connectivity index is 0.00000264. The van der Waals surface area contributed by atoms with E-state index in [0.29, 0.717) is 6.42 Å². The summed E-state index contributed by atoms with van der Waals surface area (Å²) < 4.78 is 4.07. The summed E-state index contributed by atoms with van der Waals surface area (Å²) in [6.07, 6.45) is 2.60. The molecule has 0 bridgehead atoms. The molecule has 0 saturated heterocycles. The van der Waals surface area contributed by atoms with Gasteiger partial charge in [-0.1, -0.05) is 0 Å². The number of nitrogens with zero attached hydrogens (tertiary/aromatic N) is 3. The SMILES string of the molecule is Cc1n(C)c2cc([N+](=O)[O-])ccc2[n+]1CCCCCC(=O)O.[I-]. The topological polar surface area (TPSA) is 89.2 Å². The number of aliphatic carboxylic acids is 1. The third-order valence-corrected chi connectivity index (χ3v) is 3.97. The third-order valence-electron chi connectivity index (χ3n) is 3.97. The maximum absolute atomic E-state index is 10.9. The zero-order valence-electron chi connectivity index (χ0n) is 13.2. The molecule has 1 aromatic carbocycles. The quantitative estimate of drug-likeness (QED) is 0.206. The number of hydrogen-bond donors (Lipinski definition) is 1. The standard InChI is InChI=1S/C15H19N3O4.HI/c1-11-16(2)14-10-12(18(21)22)7-8-13(14)17(11)9-5-3-4-6-15(19)20;/h7-8,10H,3-6,9H2,1-2H3;1H. The molecule has 0 aliphatic rings. The van der Waals surface area contributed by atoms with Crippen LogP contribution in [-0.4, -0.2) is 20.6 Å². The fourth-order valence-electron chi connectivity index (χ4n) is 2.66. The zero-order chi connectivity index (χ0) is 16.3. The van der Waals surface area contributed by atoms with E-state index in [1.54, 1.807) is 12.1 Å². The largest absolute Gasteiger partial charge is 1.00 e. The van der Waals surface area contributed by atoms with Crippen molar-refractivity contribution in [2.24, 2.45) is 7.05 Å². The summed E-state index contributed by atoms with van der Waals surface area (Å²) in [5, 5.41) is 19.5. The van der Waals surface area contributed by atoms with Crippen molar-refractivity contribution in [1.29, 1.82) is 0 Å². The van der Waals surface area contributed by atoms with E-state index in [0.717, 1.165) is 36.2 Å². The molecule has 0 unspecified atom stereocenters. The molecule has 0 spiro atoms. The molecule has 0 saturated carbocycles. The summed E-state index contributed by atoms with van der Waals surface area (Å²) >= 11 is 0. The molecule has 2 rings (SSSR count). The van der Waals surface area contributed by atoms with E-state index in [9.17, 15) is 14.9 Å². The Hall–Kier alpha value is -1.71. The van der Waals surface area contributed by atoms with Gasteiger partial charge in [-0.25, -0.2) is 9.13 Å². The Kier molecular flexibility index (Phi) is 6.92. The van der Waals surface area contributed by atoms with Gasteiger partial charge in [0, 0.05) is 19.4 Å². The van der Waals surface area contributed by atoms with E-state index < -0.39 is 10.9 Å². The molecular weight excluding hydrogens is 413 g/mol. The van der Waals surface area contributed by atoms with Crippen molar-refractivity contribution >= 4 is 22.7 Å². The van der Waals surface area contributed by atoms with Crippen LogP contribution in [0.5, 0.6) is 0 Å². The van der Waals surface area contributed by atoms with E-state index in [-0.39, 0.29) is 36.1 Å². The van der Waals surface area contributed by atoms with Crippen LogP contribution in [0.4, 0.5) is 5.69 Å². The second-order valence-corrected chi connectivity index (χ2v) is 5.39. The van der Waals surface area contributed by atoms with Crippen LogP contribution in [0.15, 0.2) is 18.2 Å². The van der Waals surface area contributed by atoms with E-state index in [4.69, 9.17) is 5.11 Å². The summed E-state index contributed by atoms with van der Waals surface area (Å²) in [7, 11) is 1.89. The molecule has 0 amide bonds. The first-order valence-corrected chi connectivity index (χ1v) is 7.27. The number of benzene rings is 1. The summed E-state index contributed by atoms with van der Waals surface area (Å²) in [5.41, 5.74) is 1.88. The highest BCUT2D eigenvalue weighted by molar-refractivity contribution is 5.75. The summed E-state index contributed by atoms with van der Waals surface area (Å²) in [5.74, 6) is 0.259. The molecule has 0 fully saturated rings. The van der Waals surface area contributed by atoms with Crippen molar-refractivity contribution in [3.05, 3.63) is 34.1 Å². The lowest BCUT2D eigenvalue weighted by atomic mass is 10.2. The van der Waals surface area contributed by atoms with Gasteiger partial charge in [0.25, 0.3) is 11.5 Å². The molecule has 0 aliphatic heterocycles. The van der Waals surface area contributed by atoms with Crippen molar-refractivity contribution in [3.8, 4) is 0 Å². The number of fused-ring (bicyclic) bond motifs is 1. The Labute approximate surface area is 151 Å². The molecule has 0 aliphatic carbocycles. The molecule has 1 N–H and O–H groups in total. The number of rotatable bonds is 7. The van der Waals surface area contributed by atoms with Crippen LogP contribution < -0.4 is 28.5 Å². The number of non-ortho nitro benzene ring substituents is 1. The minimum Gasteiger partial charge on any atom is -1.00 e. The number of hydrogen-bond acceptors (Lipinski definition) is 3. The van der Waals surface area contributed by atoms with Crippen LogP contribution in [0.1, 0.15) is 31.5 Å². The van der Waals surface area contributed by atoms with E-state index in [1.807, 2.05) is 18.5 Å². The fourth-order valence-corrected chi connectivity index (χ4v) is 2.66. The van der Waals surface area contributed by atoms with Crippen LogP contribution in [0.3, 0.4) is 0 Å². The minimum absolute atomic E-state index is 0. The molecular formula is C15H20IN3O4. The normalized spacial score (nSPS) is 10.5. The predicted octanol–water partition coefficient (Wildman–Crippen LogP) is -0.669. The first kappa shape index (κ1) is 19.3. The molecule has 1 aromatic heterocycles. The lowest BCUT2D eigenvalue weighted by Crippen LogP contribution is -3.00. The van der Waals surface area contributed by atoms with Crippen LogP contribution in [0.25, 0.3) is 11.0 Å². The number of unbranched alkanes of at least 4 members (excludes halogenated alkanes) is 2. The van der Waals surface area contributed by atoms with Gasteiger partial charge in [-0.3, -0.25) is 14.9 Å². The molecule has 2 aromatic rings. The van der Waals surface area contributed by atoms with Crippen LogP contribution in [0, 0.1) is 17.0 Å². The summed E-state index contributed by atoms with van der Waals surface area (Å²) in [4.78, 5) is 21.0. The first-order valence-electron chi connectivity index (χ1n) is 7.27. The second kappa shape index (κ2) is 8.23. The van der Waals surface area contributed by atoms with E-state index in [2.05, 4.69) is 4.57 Å². The van der Waals surface area contributed by atoms with Gasteiger partial charge in [0.2, 0.25) is 0 Å². The van der Waals surface area contributed by atoms with Crippen LogP contribution in [-0.2, 0) is 18.4 Å². The highest BCUT2D eigenvalue weighted by Crippen LogP contribution is 2.20. The average molecular weight is 433 g/mol. The number of carbonyl (C=O) groups is 1. The molecule has 126 valence electrons. The number of aromatic nitrogens is 2. The van der Waals surface area contributed by atoms with Gasteiger partial charge in [-0.2, -0.15) is 0 Å². The lowest BCUT2D eigenvalue weighted by molar-refractivity contribution is -0.678. The van der Waals surface area contributed by atoms with Gasteiger partial charge < -0.3 is 29.1 Å². The number of nitro benzene ring substituents is 1. The lowest BCUT2D eigenvalue weighted by Gasteiger charge is -2.00. The van der Waals surface area contributed by atoms with Gasteiger partial charge in [0.05, 0.1) is 24.6 Å². The molecule has 0 atom stereocenters. The van der Waals surface area contributed by atoms with Crippen LogP contribution >= 0.6 is 0 Å². The third kappa shape index (κ3) is 4.40. The number of nitro groups is 1. The molecule has 23 heavy (non-hydrogen) atoms. The van der Waals surface area contributed by atoms with Gasteiger partial charge in [0.1, 0.15) is 0 Å². The Morgan fingerprint density at radius 1 is 1.35 bits per heavy atom. The molecule has 8 heteroatoms. The van der Waals surface area contributed by atoms with Gasteiger partial charge in [0.15, 0.2) is 11.0 Å². The minimum atomic E-state index is -0.763. The van der Waals surface area contributed by atoms with Crippen molar-refractivity contribution in [1.82, 2.24) is 4.57 Å². The Bertz CT molecular complexity index is 727. The molecule has 0 radical (unpaired) electrons. The van der Waals surface area contributed by atoms with E-state index >= 15 is 0 Å². The van der Waals surface area contributed by atoms with Gasteiger partial charge in [-0.15, -0.1) is 0 Å². The smallest absolute Gasteiger partial charge is 0.303 e. The van der Waals surface area contributed by atoms with Gasteiger partial charge in [-0.05, 0) is 25.3 Å². The van der Waals surface area contributed by atoms with Crippen LogP contribution in [0.2, 0.25) is 0 Å². The van der Waals surface area contributed by atoms with Gasteiger partial charge >= 0.3 is 5.97 Å². The predicted molar refractivity (Wildman–Crippen MR) is 80.6 cm³/mol. The first-order chi connectivity index (χ1) is 10.4. The maximum Gasteiger partial charge on any atom is 0.303 e. The van der Waals surface area contributed by atoms with Crippen molar-refractivity contribution < 1.29 is 43.4 Å². The summed E-state index contributed by atoms with van der Waals surface area (Å²) in [6.45, 7) is 2.75. The Morgan fingerprint density at radius 2 is 2.04 bits per heavy atom. The second-order valence-electron chi connectivity index (χ2n) is 5.39. The highest BCUT2D eigenvalue weighted by atomic mass is 127. The van der Waals surface area contributed by atoms with E-state index in [1.165, 1.54) is 6.07 Å². The number of carboxylic acid groups (broad SMARTS) is 1. The Morgan fingerprint density at radius 3 is 2.65 bits per heavy atom. The average Bonchev–Trinajstić information content (AvgIpc) is 2.71. The zero-order valence-corrected chi connectivity index (χ0v) is 15.3. The monoisotopic (exact) mass is 433 g/mol. The molecule has 7 nitrogen and oxygen atoms in total. The highest BCUT2D eigenvalue weighted by Gasteiger charge is 2.21. The summed E-state index contributed by atoms with van der Waals surface area (Å²) in [6, 6.07) is 4.88. The maximum atomic E-state index is 10.9.